The summed E-state index contributed by atoms with van der Waals surface area (Å²) in [5.74, 6) is -0.552. The van der Waals surface area contributed by atoms with Gasteiger partial charge in [-0.15, -0.1) is 0 Å². The van der Waals surface area contributed by atoms with Crippen molar-refractivity contribution in [2.75, 3.05) is 24.7 Å². The highest BCUT2D eigenvalue weighted by Gasteiger charge is 2.33. The summed E-state index contributed by atoms with van der Waals surface area (Å²) in [4.78, 5) is 16.9. The van der Waals surface area contributed by atoms with Gasteiger partial charge in [0.25, 0.3) is 0 Å². The molecule has 1 fully saturated rings. The molecule has 0 amide bonds. The van der Waals surface area contributed by atoms with Crippen LogP contribution in [0.4, 0.5) is 5.69 Å². The molecule has 0 aliphatic carbocycles. The standard InChI is InChI=1S/C26H26N2O4S.C8H5NO2/c1-18-6-8-24-19(14-18)16-31-17-28(24)20-10-12-27(13-11-20)33(29,30)21-7-9-26-23(15-21)22-4-2-3-5-25(22)32-26;10-8-9-7-4-2-1-3-6(7)5-11-8/h2-9,14-15,20H,10-13,16-17H2,1H3;1-5H. The molecule has 6 aromatic rings. The normalized spacial score (nSPS) is 16.2. The molecule has 9 nitrogen and oxygen atoms in total. The number of sulfonamides is 1. The van der Waals surface area contributed by atoms with Crippen molar-refractivity contribution in [3.8, 4) is 0 Å². The van der Waals surface area contributed by atoms with Gasteiger partial charge in [-0.3, -0.25) is 0 Å². The number of piperidine rings is 1. The number of ether oxygens (including phenoxy) is 1. The molecular formula is C34H31N3O6S. The minimum absolute atomic E-state index is 0.263. The number of anilines is 1. The van der Waals surface area contributed by atoms with E-state index in [4.69, 9.17) is 9.15 Å². The van der Waals surface area contributed by atoms with Gasteiger partial charge in [0.05, 0.1) is 17.0 Å². The summed E-state index contributed by atoms with van der Waals surface area (Å²) in [6.07, 6.45) is 2.95. The van der Waals surface area contributed by atoms with E-state index in [9.17, 15) is 13.2 Å². The molecule has 0 bridgehead atoms. The molecule has 1 saturated heterocycles. The Morgan fingerprint density at radius 3 is 2.50 bits per heavy atom. The van der Waals surface area contributed by atoms with E-state index in [1.165, 1.54) is 23.1 Å². The average Bonchev–Trinajstić information content (AvgIpc) is 3.43. The smallest absolute Gasteiger partial charge is 0.439 e. The Morgan fingerprint density at radius 1 is 0.864 bits per heavy atom. The topological polar surface area (TPSA) is 106 Å². The number of hydrogen-bond acceptors (Lipinski definition) is 8. The monoisotopic (exact) mass is 609 g/mol. The van der Waals surface area contributed by atoms with Crippen LogP contribution in [0.2, 0.25) is 0 Å². The van der Waals surface area contributed by atoms with Crippen LogP contribution in [0.1, 0.15) is 24.0 Å². The summed E-state index contributed by atoms with van der Waals surface area (Å²) in [6, 6.07) is 26.9. The Labute approximate surface area is 254 Å². The van der Waals surface area contributed by atoms with Crippen molar-refractivity contribution in [2.45, 2.75) is 37.3 Å². The number of aryl methyl sites for hydroxylation is 1. The highest BCUT2D eigenvalue weighted by Crippen LogP contribution is 2.34. The van der Waals surface area contributed by atoms with Crippen LogP contribution in [0.25, 0.3) is 32.8 Å². The molecular weight excluding hydrogens is 578 g/mol. The second-order valence-electron chi connectivity index (χ2n) is 11.1. The maximum Gasteiger partial charge on any atom is 0.439 e. The Kier molecular flexibility index (Phi) is 7.41. The lowest BCUT2D eigenvalue weighted by molar-refractivity contribution is 0.0987. The molecule has 4 heterocycles. The van der Waals surface area contributed by atoms with Gasteiger partial charge in [-0.05, 0) is 62.2 Å². The molecule has 4 aromatic carbocycles. The second kappa shape index (κ2) is 11.5. The van der Waals surface area contributed by atoms with Crippen molar-refractivity contribution < 1.29 is 22.0 Å². The number of benzene rings is 4. The number of hydrogen-bond donors (Lipinski definition) is 0. The van der Waals surface area contributed by atoms with Crippen LogP contribution in [0, 0.1) is 6.92 Å². The van der Waals surface area contributed by atoms with Gasteiger partial charge in [-0.2, -0.15) is 9.29 Å². The van der Waals surface area contributed by atoms with Gasteiger partial charge in [0.2, 0.25) is 10.0 Å². The number of para-hydroxylation sites is 2. The van der Waals surface area contributed by atoms with Crippen LogP contribution in [-0.4, -0.2) is 43.6 Å². The van der Waals surface area contributed by atoms with Crippen molar-refractivity contribution >= 4 is 48.6 Å². The molecule has 2 aliphatic rings. The fourth-order valence-electron chi connectivity index (χ4n) is 6.07. The van der Waals surface area contributed by atoms with E-state index in [0.717, 1.165) is 34.6 Å². The summed E-state index contributed by atoms with van der Waals surface area (Å²) in [7, 11) is -3.58. The van der Waals surface area contributed by atoms with Crippen LogP contribution >= 0.6 is 0 Å². The summed E-state index contributed by atoms with van der Waals surface area (Å²) in [5.41, 5.74) is 5.78. The zero-order chi connectivity index (χ0) is 30.3. The second-order valence-corrected chi connectivity index (χ2v) is 13.1. The maximum atomic E-state index is 13.5. The summed E-state index contributed by atoms with van der Waals surface area (Å²) in [6.45, 7) is 4.26. The van der Waals surface area contributed by atoms with E-state index in [0.29, 0.717) is 42.4 Å². The average molecular weight is 610 g/mol. The summed E-state index contributed by atoms with van der Waals surface area (Å²) < 4.78 is 44.8. The number of rotatable bonds is 3. The predicted molar refractivity (Wildman–Crippen MR) is 169 cm³/mol. The van der Waals surface area contributed by atoms with Crippen LogP contribution in [0.5, 0.6) is 0 Å². The van der Waals surface area contributed by atoms with Crippen molar-refractivity contribution in [1.29, 1.82) is 0 Å². The first-order valence-corrected chi connectivity index (χ1v) is 16.0. The Morgan fingerprint density at radius 2 is 1.64 bits per heavy atom. The lowest BCUT2D eigenvalue weighted by Crippen LogP contribution is -2.48. The van der Waals surface area contributed by atoms with Crippen LogP contribution in [-0.2, 0) is 21.4 Å². The first-order valence-electron chi connectivity index (χ1n) is 14.6. The first-order chi connectivity index (χ1) is 21.4. The third-order valence-electron chi connectivity index (χ3n) is 8.32. The molecule has 0 spiro atoms. The van der Waals surface area contributed by atoms with Gasteiger partial charge >= 0.3 is 5.76 Å². The van der Waals surface area contributed by atoms with Gasteiger partial charge in [-0.25, -0.2) is 13.2 Å². The van der Waals surface area contributed by atoms with Crippen molar-refractivity contribution in [3.05, 3.63) is 113 Å². The number of nitrogens with zero attached hydrogens (tertiary/aromatic N) is 3. The lowest BCUT2D eigenvalue weighted by Gasteiger charge is -2.41. The third kappa shape index (κ3) is 5.36. The fourth-order valence-corrected chi connectivity index (χ4v) is 7.57. The molecule has 2 aromatic heterocycles. The van der Waals surface area contributed by atoms with E-state index in [1.54, 1.807) is 28.6 Å². The minimum atomic E-state index is -3.58. The van der Waals surface area contributed by atoms with Gasteiger partial charge in [0.15, 0.2) is 0 Å². The van der Waals surface area contributed by atoms with E-state index < -0.39 is 15.8 Å². The van der Waals surface area contributed by atoms with E-state index in [2.05, 4.69) is 39.4 Å². The third-order valence-corrected chi connectivity index (χ3v) is 10.2. The Balaban J connectivity index is 0.000000239. The van der Waals surface area contributed by atoms with E-state index in [-0.39, 0.29) is 6.04 Å². The first kappa shape index (κ1) is 28.3. The molecule has 2 aliphatic heterocycles. The molecule has 0 atom stereocenters. The van der Waals surface area contributed by atoms with Crippen molar-refractivity contribution in [1.82, 2.24) is 9.29 Å². The summed E-state index contributed by atoms with van der Waals surface area (Å²) in [5, 5.41) is 2.60. The molecule has 0 unspecified atom stereocenters. The highest BCUT2D eigenvalue weighted by molar-refractivity contribution is 7.89. The number of aromatic nitrogens is 1. The number of fused-ring (bicyclic) bond motifs is 5. The zero-order valence-electron chi connectivity index (χ0n) is 24.2. The van der Waals surface area contributed by atoms with Crippen LogP contribution < -0.4 is 10.7 Å². The SMILES string of the molecule is Cc1ccc2c(c1)COCN2C1CCN(S(=O)(=O)c2ccc3oc4ccccc4c3c2)CC1.O=c1nc2ccccc2co1. The minimum Gasteiger partial charge on any atom is -0.456 e. The maximum absolute atomic E-state index is 13.5. The highest BCUT2D eigenvalue weighted by atomic mass is 32.2. The van der Waals surface area contributed by atoms with Gasteiger partial charge in [0.1, 0.15) is 24.2 Å². The zero-order valence-corrected chi connectivity index (χ0v) is 25.0. The molecule has 0 radical (unpaired) electrons. The van der Waals surface area contributed by atoms with Gasteiger partial charge in [-0.1, -0.05) is 48.0 Å². The molecule has 44 heavy (non-hydrogen) atoms. The molecule has 0 N–H and O–H groups in total. The molecule has 10 heteroatoms. The largest absolute Gasteiger partial charge is 0.456 e. The predicted octanol–water partition coefficient (Wildman–Crippen LogP) is 6.23. The van der Waals surface area contributed by atoms with Crippen molar-refractivity contribution in [2.24, 2.45) is 0 Å². The quantitative estimate of drug-likeness (QED) is 0.233. The lowest BCUT2D eigenvalue weighted by atomic mass is 10.0. The molecule has 8 rings (SSSR count). The van der Waals surface area contributed by atoms with Crippen LogP contribution in [0.3, 0.4) is 0 Å². The van der Waals surface area contributed by atoms with Gasteiger partial charge in [0, 0.05) is 46.5 Å². The van der Waals surface area contributed by atoms with Gasteiger partial charge < -0.3 is 18.5 Å². The van der Waals surface area contributed by atoms with Crippen LogP contribution in [0.15, 0.2) is 110 Å². The molecule has 224 valence electrons. The van der Waals surface area contributed by atoms with E-state index in [1.807, 2.05) is 42.5 Å². The van der Waals surface area contributed by atoms with Crippen molar-refractivity contribution in [3.63, 3.8) is 0 Å². The Bertz CT molecular complexity index is 2150. The Hall–Kier alpha value is -4.51. The fraction of sp³-hybridized carbons (Fsp3) is 0.235. The summed E-state index contributed by atoms with van der Waals surface area (Å²) >= 11 is 0. The number of furan rings is 1. The molecule has 0 saturated carbocycles. The van der Waals surface area contributed by atoms with E-state index >= 15 is 0 Å².